The molecule has 0 atom stereocenters. The second-order valence-electron chi connectivity index (χ2n) is 2.11. The maximum absolute atomic E-state index is 11.8. The highest BCUT2D eigenvalue weighted by atomic mass is 79.9. The highest BCUT2D eigenvalue weighted by Crippen LogP contribution is 2.33. The number of halogens is 3. The summed E-state index contributed by atoms with van der Waals surface area (Å²) in [6.45, 7) is -3.05. The SMILES string of the molecule is O=[N+]([O-])c1cncc(OC(F)F)c1Br. The smallest absolute Gasteiger partial charge is 0.387 e. The van der Waals surface area contributed by atoms with Crippen molar-refractivity contribution >= 4 is 21.6 Å². The highest BCUT2D eigenvalue weighted by molar-refractivity contribution is 9.10. The summed E-state index contributed by atoms with van der Waals surface area (Å²) in [4.78, 5) is 13.0. The fraction of sp³-hybridized carbons (Fsp3) is 0.167. The third-order valence-electron chi connectivity index (χ3n) is 1.24. The van der Waals surface area contributed by atoms with E-state index in [2.05, 4.69) is 25.7 Å². The lowest BCUT2D eigenvalue weighted by molar-refractivity contribution is -0.386. The molecule has 0 aliphatic rings. The summed E-state index contributed by atoms with van der Waals surface area (Å²) in [6.07, 6.45) is 1.89. The van der Waals surface area contributed by atoms with Gasteiger partial charge in [0, 0.05) is 0 Å². The number of rotatable bonds is 3. The van der Waals surface area contributed by atoms with Crippen molar-refractivity contribution in [2.24, 2.45) is 0 Å². The van der Waals surface area contributed by atoms with Crippen LogP contribution in [0, 0.1) is 10.1 Å². The topological polar surface area (TPSA) is 65.3 Å². The largest absolute Gasteiger partial charge is 0.432 e. The van der Waals surface area contributed by atoms with Crippen LogP contribution in [0.4, 0.5) is 14.5 Å². The first-order chi connectivity index (χ1) is 6.52. The number of ether oxygens (including phenoxy) is 1. The van der Waals surface area contributed by atoms with E-state index in [0.717, 1.165) is 12.4 Å². The van der Waals surface area contributed by atoms with Crippen LogP contribution in [0.1, 0.15) is 0 Å². The zero-order valence-corrected chi connectivity index (χ0v) is 8.07. The molecular formula is C6H3BrF2N2O3. The normalized spacial score (nSPS) is 10.3. The van der Waals surface area contributed by atoms with Crippen LogP contribution in [-0.2, 0) is 0 Å². The summed E-state index contributed by atoms with van der Waals surface area (Å²) in [5.41, 5.74) is -0.428. The van der Waals surface area contributed by atoms with E-state index in [-0.39, 0.29) is 10.2 Å². The Morgan fingerprint density at radius 2 is 2.21 bits per heavy atom. The van der Waals surface area contributed by atoms with E-state index in [9.17, 15) is 18.9 Å². The van der Waals surface area contributed by atoms with E-state index >= 15 is 0 Å². The molecule has 0 amide bonds. The van der Waals surface area contributed by atoms with Crippen molar-refractivity contribution < 1.29 is 18.4 Å². The van der Waals surface area contributed by atoms with Gasteiger partial charge in [-0.1, -0.05) is 0 Å². The number of hydrogen-bond donors (Lipinski definition) is 0. The molecule has 0 radical (unpaired) electrons. The quantitative estimate of drug-likeness (QED) is 0.624. The van der Waals surface area contributed by atoms with Crippen LogP contribution in [0.5, 0.6) is 5.75 Å². The van der Waals surface area contributed by atoms with Gasteiger partial charge in [0.2, 0.25) is 0 Å². The molecule has 0 N–H and O–H groups in total. The van der Waals surface area contributed by atoms with Crippen LogP contribution in [0.15, 0.2) is 16.9 Å². The molecule has 0 aliphatic carbocycles. The minimum absolute atomic E-state index is 0.155. The van der Waals surface area contributed by atoms with Gasteiger partial charge in [0.1, 0.15) is 10.7 Å². The average molecular weight is 269 g/mol. The Balaban J connectivity index is 3.07. The summed E-state index contributed by atoms with van der Waals surface area (Å²) in [7, 11) is 0. The second kappa shape index (κ2) is 4.27. The zero-order valence-electron chi connectivity index (χ0n) is 6.49. The number of hydrogen-bond acceptors (Lipinski definition) is 4. The second-order valence-corrected chi connectivity index (χ2v) is 2.90. The lowest BCUT2D eigenvalue weighted by Crippen LogP contribution is -2.04. The molecule has 0 unspecified atom stereocenters. The van der Waals surface area contributed by atoms with Crippen molar-refractivity contribution in [1.82, 2.24) is 4.98 Å². The fourth-order valence-electron chi connectivity index (χ4n) is 0.721. The van der Waals surface area contributed by atoms with Gasteiger partial charge in [-0.2, -0.15) is 8.78 Å². The van der Waals surface area contributed by atoms with Crippen LogP contribution in [0.2, 0.25) is 0 Å². The van der Waals surface area contributed by atoms with Crippen LogP contribution in [0.3, 0.4) is 0 Å². The predicted molar refractivity (Wildman–Crippen MR) is 45.2 cm³/mol. The van der Waals surface area contributed by atoms with E-state index in [1.54, 1.807) is 0 Å². The van der Waals surface area contributed by atoms with Crippen LogP contribution < -0.4 is 4.74 Å². The molecular weight excluding hydrogens is 266 g/mol. The molecule has 0 aliphatic heterocycles. The molecule has 0 bridgehead atoms. The molecule has 1 rings (SSSR count). The highest BCUT2D eigenvalue weighted by Gasteiger charge is 2.18. The van der Waals surface area contributed by atoms with Crippen LogP contribution >= 0.6 is 15.9 Å². The van der Waals surface area contributed by atoms with Gasteiger partial charge >= 0.3 is 12.3 Å². The van der Waals surface area contributed by atoms with Gasteiger partial charge in [0.05, 0.1) is 11.1 Å². The molecule has 1 aromatic rings. The molecule has 1 aromatic heterocycles. The van der Waals surface area contributed by atoms with Gasteiger partial charge < -0.3 is 4.74 Å². The van der Waals surface area contributed by atoms with Gasteiger partial charge in [0.25, 0.3) is 0 Å². The van der Waals surface area contributed by atoms with Crippen molar-refractivity contribution in [3.8, 4) is 5.75 Å². The third-order valence-corrected chi connectivity index (χ3v) is 2.04. The number of nitro groups is 1. The number of aromatic nitrogens is 1. The Morgan fingerprint density at radius 1 is 1.57 bits per heavy atom. The summed E-state index contributed by atoms with van der Waals surface area (Å²) in [5, 5.41) is 10.4. The Morgan fingerprint density at radius 3 is 2.71 bits per heavy atom. The monoisotopic (exact) mass is 268 g/mol. The van der Waals surface area contributed by atoms with Crippen molar-refractivity contribution in [2.75, 3.05) is 0 Å². The van der Waals surface area contributed by atoms with Crippen molar-refractivity contribution in [2.45, 2.75) is 6.61 Å². The minimum Gasteiger partial charge on any atom is -0.432 e. The Hall–Kier alpha value is -1.31. The minimum atomic E-state index is -3.05. The van der Waals surface area contributed by atoms with Gasteiger partial charge in [0.15, 0.2) is 5.75 Å². The summed E-state index contributed by atoms with van der Waals surface area (Å²) >= 11 is 2.77. The van der Waals surface area contributed by atoms with E-state index in [4.69, 9.17) is 0 Å². The predicted octanol–water partition coefficient (Wildman–Crippen LogP) is 2.35. The Kier molecular flexibility index (Phi) is 3.28. The van der Waals surface area contributed by atoms with Crippen LogP contribution in [0.25, 0.3) is 0 Å². The Bertz CT molecular complexity index is 361. The first kappa shape index (κ1) is 10.8. The maximum atomic E-state index is 11.8. The number of alkyl halides is 2. The fourth-order valence-corrected chi connectivity index (χ4v) is 1.16. The molecule has 8 heteroatoms. The zero-order chi connectivity index (χ0) is 10.7. The molecule has 0 saturated heterocycles. The average Bonchev–Trinajstić information content (AvgIpc) is 2.07. The maximum Gasteiger partial charge on any atom is 0.387 e. The molecule has 5 nitrogen and oxygen atoms in total. The van der Waals surface area contributed by atoms with Gasteiger partial charge in [-0.25, -0.2) is 0 Å². The molecule has 1 heterocycles. The van der Waals surface area contributed by atoms with Crippen molar-refractivity contribution in [3.63, 3.8) is 0 Å². The third kappa shape index (κ3) is 2.34. The molecule has 0 fully saturated rings. The first-order valence-corrected chi connectivity index (χ1v) is 4.04. The Labute approximate surface area is 85.0 Å². The molecule has 0 saturated carbocycles. The number of pyridine rings is 1. The standard InChI is InChI=1S/C6H3BrF2N2O3/c7-5-3(11(12)13)1-10-2-4(5)14-6(8)9/h1-2,6H. The van der Waals surface area contributed by atoms with E-state index in [1.807, 2.05) is 0 Å². The van der Waals surface area contributed by atoms with Crippen molar-refractivity contribution in [1.29, 1.82) is 0 Å². The van der Waals surface area contributed by atoms with E-state index < -0.39 is 17.2 Å². The summed E-state index contributed by atoms with van der Waals surface area (Å²) in [6, 6.07) is 0. The first-order valence-electron chi connectivity index (χ1n) is 3.25. The number of nitrogens with zero attached hydrogens (tertiary/aromatic N) is 2. The summed E-state index contributed by atoms with van der Waals surface area (Å²) < 4.78 is 27.4. The van der Waals surface area contributed by atoms with E-state index in [0.29, 0.717) is 0 Å². The lowest BCUT2D eigenvalue weighted by atomic mass is 10.4. The van der Waals surface area contributed by atoms with Crippen molar-refractivity contribution in [3.05, 3.63) is 27.0 Å². The lowest BCUT2D eigenvalue weighted by Gasteiger charge is -2.05. The van der Waals surface area contributed by atoms with E-state index in [1.165, 1.54) is 0 Å². The molecule has 76 valence electrons. The molecule has 14 heavy (non-hydrogen) atoms. The van der Waals surface area contributed by atoms with Gasteiger partial charge in [-0.15, -0.1) is 0 Å². The van der Waals surface area contributed by atoms with Gasteiger partial charge in [-0.05, 0) is 15.9 Å². The molecule has 0 spiro atoms. The van der Waals surface area contributed by atoms with Gasteiger partial charge in [-0.3, -0.25) is 15.1 Å². The molecule has 0 aromatic carbocycles. The van der Waals surface area contributed by atoms with Crippen LogP contribution in [-0.4, -0.2) is 16.5 Å². The summed E-state index contributed by atoms with van der Waals surface area (Å²) in [5.74, 6) is -0.366.